The van der Waals surface area contributed by atoms with Gasteiger partial charge in [0.15, 0.2) is 0 Å². The molecule has 0 aliphatic rings. The van der Waals surface area contributed by atoms with Gasteiger partial charge < -0.3 is 0 Å². The van der Waals surface area contributed by atoms with Crippen LogP contribution in [-0.2, 0) is 10.0 Å². The van der Waals surface area contributed by atoms with E-state index in [1.807, 2.05) is 0 Å². The van der Waals surface area contributed by atoms with Crippen LogP contribution in [-0.4, -0.2) is 17.1 Å². The Hall–Kier alpha value is -0.290. The Morgan fingerprint density at radius 3 is 2.20 bits per heavy atom. The van der Waals surface area contributed by atoms with Crippen LogP contribution in [0.5, 0.6) is 0 Å². The lowest BCUT2D eigenvalue weighted by Crippen LogP contribution is -2.10. The Kier molecular flexibility index (Phi) is 2.15. The average molecular weight is 224 g/mol. The van der Waals surface area contributed by atoms with Gasteiger partial charge in [-0.1, -0.05) is 15.9 Å². The standard InChI is InChI=1S/C5H6BrNO2S/c6-5-10(8,9)7-3-1-2-4-7/h1-4H,5H2. The summed E-state index contributed by atoms with van der Waals surface area (Å²) in [5.74, 6) is 0. The van der Waals surface area contributed by atoms with Crippen molar-refractivity contribution in [3.05, 3.63) is 24.5 Å². The predicted octanol–water partition coefficient (Wildman–Crippen LogP) is 1.02. The molecule has 0 N–H and O–H groups in total. The van der Waals surface area contributed by atoms with E-state index in [1.54, 1.807) is 12.1 Å². The fourth-order valence-corrected chi connectivity index (χ4v) is 1.89. The summed E-state index contributed by atoms with van der Waals surface area (Å²) in [6.45, 7) is 0. The van der Waals surface area contributed by atoms with Gasteiger partial charge in [-0.3, -0.25) is 3.97 Å². The highest BCUT2D eigenvalue weighted by atomic mass is 79.9. The van der Waals surface area contributed by atoms with Crippen LogP contribution in [0, 0.1) is 0 Å². The summed E-state index contributed by atoms with van der Waals surface area (Å²) in [5, 5.41) is 0. The minimum atomic E-state index is -3.12. The summed E-state index contributed by atoms with van der Waals surface area (Å²) in [6, 6.07) is 3.33. The molecule has 1 rings (SSSR count). The zero-order valence-corrected chi connectivity index (χ0v) is 7.47. The van der Waals surface area contributed by atoms with Gasteiger partial charge in [0.05, 0.1) is 0 Å². The fraction of sp³-hybridized carbons (Fsp3) is 0.200. The Morgan fingerprint density at radius 2 is 1.80 bits per heavy atom. The molecule has 0 amide bonds. The average Bonchev–Trinajstić information content (AvgIpc) is 2.38. The maximum Gasteiger partial charge on any atom is 0.248 e. The molecule has 0 bridgehead atoms. The molecule has 1 aromatic rings. The molecule has 0 saturated heterocycles. The molecule has 0 aliphatic carbocycles. The predicted molar refractivity (Wildman–Crippen MR) is 42.5 cm³/mol. The Labute approximate surface area is 67.8 Å². The van der Waals surface area contributed by atoms with Gasteiger partial charge in [-0.15, -0.1) is 0 Å². The topological polar surface area (TPSA) is 39.1 Å². The van der Waals surface area contributed by atoms with Gasteiger partial charge in [-0.25, -0.2) is 8.42 Å². The number of nitrogens with zero attached hydrogens (tertiary/aromatic N) is 1. The third-order valence-electron chi connectivity index (χ3n) is 1.04. The number of rotatable bonds is 2. The molecule has 1 heterocycles. The highest BCUT2D eigenvalue weighted by molar-refractivity contribution is 9.10. The largest absolute Gasteiger partial charge is 0.252 e. The van der Waals surface area contributed by atoms with E-state index in [4.69, 9.17) is 0 Å². The normalized spacial score (nSPS) is 11.7. The number of alkyl halides is 1. The second-order valence-corrected chi connectivity index (χ2v) is 4.91. The van der Waals surface area contributed by atoms with Crippen molar-refractivity contribution in [2.24, 2.45) is 0 Å². The Bertz CT molecular complexity index is 289. The Morgan fingerprint density at radius 1 is 1.30 bits per heavy atom. The summed E-state index contributed by atoms with van der Waals surface area (Å²) in [7, 11) is -3.12. The van der Waals surface area contributed by atoms with Crippen LogP contribution >= 0.6 is 15.9 Å². The molecular formula is C5H6BrNO2S. The van der Waals surface area contributed by atoms with E-state index in [0.717, 1.165) is 0 Å². The Balaban J connectivity index is 3.09. The second kappa shape index (κ2) is 2.75. The molecule has 0 fully saturated rings. The summed E-state index contributed by atoms with van der Waals surface area (Å²) in [6.07, 6.45) is 2.99. The first kappa shape index (κ1) is 7.81. The van der Waals surface area contributed by atoms with Crippen LogP contribution in [0.1, 0.15) is 0 Å². The molecule has 56 valence electrons. The van der Waals surface area contributed by atoms with Gasteiger partial charge in [-0.2, -0.15) is 0 Å². The smallest absolute Gasteiger partial charge is 0.248 e. The molecule has 0 saturated carbocycles. The second-order valence-electron chi connectivity index (χ2n) is 1.73. The number of halogens is 1. The van der Waals surface area contributed by atoms with Crippen molar-refractivity contribution in [1.82, 2.24) is 3.97 Å². The van der Waals surface area contributed by atoms with E-state index in [-0.39, 0.29) is 4.66 Å². The summed E-state index contributed by atoms with van der Waals surface area (Å²) >= 11 is 2.88. The van der Waals surface area contributed by atoms with Crippen LogP contribution in [0.15, 0.2) is 24.5 Å². The van der Waals surface area contributed by atoms with Crippen LogP contribution in [0.3, 0.4) is 0 Å². The van der Waals surface area contributed by atoms with Crippen molar-refractivity contribution in [2.75, 3.05) is 4.66 Å². The number of aromatic nitrogens is 1. The van der Waals surface area contributed by atoms with Gasteiger partial charge in [0, 0.05) is 12.4 Å². The van der Waals surface area contributed by atoms with Crippen LogP contribution in [0.2, 0.25) is 0 Å². The van der Waals surface area contributed by atoms with E-state index in [0.29, 0.717) is 0 Å². The zero-order valence-electron chi connectivity index (χ0n) is 5.07. The fourth-order valence-electron chi connectivity index (χ4n) is 0.561. The van der Waals surface area contributed by atoms with Crippen LogP contribution in [0.25, 0.3) is 0 Å². The quantitative estimate of drug-likeness (QED) is 0.703. The third-order valence-corrected chi connectivity index (χ3v) is 3.93. The van der Waals surface area contributed by atoms with E-state index < -0.39 is 10.0 Å². The first-order valence-corrected chi connectivity index (χ1v) is 5.32. The van der Waals surface area contributed by atoms with E-state index in [1.165, 1.54) is 16.4 Å². The molecule has 0 aromatic carbocycles. The molecule has 0 atom stereocenters. The molecule has 0 spiro atoms. The van der Waals surface area contributed by atoms with E-state index in [2.05, 4.69) is 15.9 Å². The van der Waals surface area contributed by atoms with Crippen molar-refractivity contribution in [2.45, 2.75) is 0 Å². The van der Waals surface area contributed by atoms with Crippen molar-refractivity contribution in [3.8, 4) is 0 Å². The molecule has 0 aliphatic heterocycles. The molecule has 1 aromatic heterocycles. The molecule has 5 heteroatoms. The van der Waals surface area contributed by atoms with Crippen molar-refractivity contribution >= 4 is 26.0 Å². The lowest BCUT2D eigenvalue weighted by Gasteiger charge is -1.98. The highest BCUT2D eigenvalue weighted by Crippen LogP contribution is 2.01. The van der Waals surface area contributed by atoms with Gasteiger partial charge in [0.2, 0.25) is 10.0 Å². The molecule has 0 unspecified atom stereocenters. The van der Waals surface area contributed by atoms with Crippen molar-refractivity contribution < 1.29 is 8.42 Å². The third kappa shape index (κ3) is 1.41. The summed E-state index contributed by atoms with van der Waals surface area (Å²) < 4.78 is 23.1. The first-order valence-electron chi connectivity index (χ1n) is 2.59. The molecule has 3 nitrogen and oxygen atoms in total. The molecule has 0 radical (unpaired) electrons. The van der Waals surface area contributed by atoms with Crippen molar-refractivity contribution in [1.29, 1.82) is 0 Å². The minimum Gasteiger partial charge on any atom is -0.252 e. The van der Waals surface area contributed by atoms with E-state index in [9.17, 15) is 8.42 Å². The van der Waals surface area contributed by atoms with Gasteiger partial charge in [-0.05, 0) is 12.1 Å². The van der Waals surface area contributed by atoms with Crippen molar-refractivity contribution in [3.63, 3.8) is 0 Å². The van der Waals surface area contributed by atoms with Gasteiger partial charge in [0.1, 0.15) is 4.66 Å². The summed E-state index contributed by atoms with van der Waals surface area (Å²) in [5.41, 5.74) is 0. The lowest BCUT2D eigenvalue weighted by atomic mass is 10.7. The zero-order chi connectivity index (χ0) is 7.61. The summed E-state index contributed by atoms with van der Waals surface area (Å²) in [4.78, 5) is 0. The lowest BCUT2D eigenvalue weighted by molar-refractivity contribution is 0.593. The van der Waals surface area contributed by atoms with Crippen LogP contribution in [0.4, 0.5) is 0 Å². The maximum absolute atomic E-state index is 11.0. The SMILES string of the molecule is O=S(=O)(CBr)n1cccc1. The molecular weight excluding hydrogens is 218 g/mol. The van der Waals surface area contributed by atoms with Gasteiger partial charge in [0.25, 0.3) is 0 Å². The first-order chi connectivity index (χ1) is 4.67. The van der Waals surface area contributed by atoms with Crippen LogP contribution < -0.4 is 0 Å². The van der Waals surface area contributed by atoms with E-state index >= 15 is 0 Å². The van der Waals surface area contributed by atoms with Gasteiger partial charge >= 0.3 is 0 Å². The number of hydrogen-bond acceptors (Lipinski definition) is 2. The minimum absolute atomic E-state index is 0.0469. The monoisotopic (exact) mass is 223 g/mol. The number of hydrogen-bond donors (Lipinski definition) is 0. The molecule has 10 heavy (non-hydrogen) atoms. The highest BCUT2D eigenvalue weighted by Gasteiger charge is 2.07. The maximum atomic E-state index is 11.0.